The summed E-state index contributed by atoms with van der Waals surface area (Å²) in [5.41, 5.74) is 20.8. The minimum absolute atomic E-state index is 1.09. The maximum Gasteiger partial charge on any atom is 0.197 e. The summed E-state index contributed by atoms with van der Waals surface area (Å²) in [6.45, 7) is 6.67. The van der Waals surface area contributed by atoms with Crippen LogP contribution in [-0.2, 0) is 0 Å². The monoisotopic (exact) mass is 700 g/mol. The van der Waals surface area contributed by atoms with Crippen molar-refractivity contribution in [1.29, 1.82) is 0 Å². The molecule has 4 heteroatoms. The highest BCUT2D eigenvalue weighted by atomic mass is 15.0. The molecule has 0 saturated carbocycles. The van der Waals surface area contributed by atoms with E-state index in [0.717, 1.165) is 11.4 Å². The fourth-order valence-electron chi connectivity index (χ4n) is 9.84. The molecule has 1 aliphatic rings. The highest BCUT2D eigenvalue weighted by Crippen LogP contribution is 2.45. The first-order chi connectivity index (χ1) is 27.0. The number of rotatable bonds is 4. The third-order valence-electron chi connectivity index (χ3n) is 12.3. The molecule has 0 saturated heterocycles. The third kappa shape index (κ3) is 4.17. The molecule has 0 fully saturated rings. The summed E-state index contributed by atoms with van der Waals surface area (Å²) in [6, 6.07) is 56.3. The highest BCUT2D eigenvalue weighted by Gasteiger charge is 2.28. The molecule has 0 unspecified atom stereocenters. The Morgan fingerprint density at radius 3 is 1.87 bits per heavy atom. The van der Waals surface area contributed by atoms with Gasteiger partial charge in [-0.05, 0) is 102 Å². The number of hydrogen-bond acceptors (Lipinski definition) is 1. The number of aromatic nitrogens is 2. The van der Waals surface area contributed by atoms with Crippen LogP contribution in [0.4, 0.5) is 11.4 Å². The van der Waals surface area contributed by atoms with Crippen LogP contribution in [0.2, 0.25) is 0 Å². The SMILES string of the molecule is Cc1ccccc1Nc1cc2c3cccc4c5ccccc5n(c2cc1-c1cc(-c2c(C)cccc2C)cc2c1[B]c1cccc5c6ccccc6n-2c15)c43. The Bertz CT molecular complexity index is 3400. The normalized spacial score (nSPS) is 12.4. The molecule has 1 N–H and O–H groups in total. The van der Waals surface area contributed by atoms with Gasteiger partial charge < -0.3 is 14.3 Å². The summed E-state index contributed by atoms with van der Waals surface area (Å²) in [6.07, 6.45) is 0. The van der Waals surface area contributed by atoms with E-state index in [1.54, 1.807) is 0 Å². The molecule has 1 aliphatic heterocycles. The first kappa shape index (κ1) is 30.7. The van der Waals surface area contributed by atoms with Crippen molar-refractivity contribution in [3.63, 3.8) is 0 Å². The fraction of sp³-hybridized carbons (Fsp3) is 0.0588. The van der Waals surface area contributed by atoms with Crippen LogP contribution in [0.25, 0.3) is 87.8 Å². The van der Waals surface area contributed by atoms with Gasteiger partial charge in [-0.2, -0.15) is 0 Å². The van der Waals surface area contributed by atoms with Crippen LogP contribution >= 0.6 is 0 Å². The maximum absolute atomic E-state index is 3.98. The summed E-state index contributed by atoms with van der Waals surface area (Å²) in [7, 11) is 2.43. The number of nitrogens with one attached hydrogen (secondary N) is 1. The second-order valence-electron chi connectivity index (χ2n) is 15.4. The molecule has 0 atom stereocenters. The molecule has 257 valence electrons. The van der Waals surface area contributed by atoms with Crippen molar-refractivity contribution in [1.82, 2.24) is 8.97 Å². The predicted molar refractivity (Wildman–Crippen MR) is 235 cm³/mol. The van der Waals surface area contributed by atoms with Crippen molar-refractivity contribution < 1.29 is 0 Å². The van der Waals surface area contributed by atoms with Gasteiger partial charge in [-0.15, -0.1) is 0 Å². The summed E-state index contributed by atoms with van der Waals surface area (Å²) in [5.74, 6) is 0. The average molecular weight is 701 g/mol. The summed E-state index contributed by atoms with van der Waals surface area (Å²) >= 11 is 0. The lowest BCUT2D eigenvalue weighted by atomic mass is 9.58. The zero-order valence-corrected chi connectivity index (χ0v) is 30.9. The van der Waals surface area contributed by atoms with Gasteiger partial charge in [0.15, 0.2) is 7.28 Å². The van der Waals surface area contributed by atoms with Crippen LogP contribution in [0.3, 0.4) is 0 Å². The molecule has 3 nitrogen and oxygen atoms in total. The minimum atomic E-state index is 1.09. The topological polar surface area (TPSA) is 21.4 Å². The van der Waals surface area contributed by atoms with E-state index in [2.05, 4.69) is 194 Å². The van der Waals surface area contributed by atoms with Crippen molar-refractivity contribution in [2.45, 2.75) is 20.8 Å². The smallest absolute Gasteiger partial charge is 0.197 e. The van der Waals surface area contributed by atoms with Gasteiger partial charge in [0.25, 0.3) is 0 Å². The molecule has 0 bridgehead atoms. The zero-order chi connectivity index (χ0) is 36.5. The Morgan fingerprint density at radius 1 is 0.455 bits per heavy atom. The molecule has 8 aromatic carbocycles. The van der Waals surface area contributed by atoms with Crippen molar-refractivity contribution in [2.24, 2.45) is 0 Å². The van der Waals surface area contributed by atoms with Gasteiger partial charge in [-0.1, -0.05) is 115 Å². The Labute approximate surface area is 319 Å². The van der Waals surface area contributed by atoms with Crippen molar-refractivity contribution in [3.05, 3.63) is 168 Å². The third-order valence-corrected chi connectivity index (χ3v) is 12.3. The molecule has 3 aromatic heterocycles. The second kappa shape index (κ2) is 11.1. The summed E-state index contributed by atoms with van der Waals surface area (Å²) in [4.78, 5) is 0. The average Bonchev–Trinajstić information content (AvgIpc) is 3.85. The van der Waals surface area contributed by atoms with E-state index in [0.29, 0.717) is 0 Å². The van der Waals surface area contributed by atoms with Gasteiger partial charge in [-0.25, -0.2) is 0 Å². The number of benzene rings is 8. The van der Waals surface area contributed by atoms with Crippen LogP contribution in [0.1, 0.15) is 16.7 Å². The number of fused-ring (bicyclic) bond motifs is 11. The zero-order valence-electron chi connectivity index (χ0n) is 30.9. The number of para-hydroxylation sites is 5. The first-order valence-electron chi connectivity index (χ1n) is 19.2. The van der Waals surface area contributed by atoms with Crippen molar-refractivity contribution in [2.75, 3.05) is 5.32 Å². The largest absolute Gasteiger partial charge is 0.355 e. The Kier molecular flexibility index (Phi) is 6.20. The van der Waals surface area contributed by atoms with Gasteiger partial charge >= 0.3 is 0 Å². The molecule has 0 amide bonds. The van der Waals surface area contributed by atoms with E-state index in [4.69, 9.17) is 0 Å². The van der Waals surface area contributed by atoms with Crippen LogP contribution in [0.5, 0.6) is 0 Å². The van der Waals surface area contributed by atoms with Gasteiger partial charge in [0.2, 0.25) is 0 Å². The number of hydrogen-bond donors (Lipinski definition) is 1. The molecule has 12 rings (SSSR count). The number of nitrogens with zero attached hydrogens (tertiary/aromatic N) is 2. The van der Waals surface area contributed by atoms with Crippen molar-refractivity contribution in [3.8, 4) is 27.9 Å². The molecule has 4 heterocycles. The standard InChI is InChI=1S/C51H35BN3/c1-29-13-4-7-22-42(29)53-43-27-39-37-19-11-18-35-33-16-5-8-23-44(33)54(50(35)37)46(39)28-38(43)40-25-32(48-30(2)14-10-15-31(48)3)26-47-49(40)52-41-21-12-20-36-34-17-6-9-24-45(34)55(47)51(36)41/h4-28,53H,1-3H3. The summed E-state index contributed by atoms with van der Waals surface area (Å²) in [5, 5.41) is 11.6. The van der Waals surface area contributed by atoms with Crippen LogP contribution in [0.15, 0.2) is 152 Å². The van der Waals surface area contributed by atoms with E-state index in [1.165, 1.54) is 115 Å². The highest BCUT2D eigenvalue weighted by molar-refractivity contribution is 6.73. The molecule has 55 heavy (non-hydrogen) atoms. The van der Waals surface area contributed by atoms with Gasteiger partial charge in [0, 0.05) is 60.5 Å². The second-order valence-corrected chi connectivity index (χ2v) is 15.4. The molecular formula is C51H35BN3. The van der Waals surface area contributed by atoms with Gasteiger partial charge in [0.05, 0.1) is 22.1 Å². The lowest BCUT2D eigenvalue weighted by Crippen LogP contribution is -2.37. The lowest BCUT2D eigenvalue weighted by Gasteiger charge is -2.26. The molecule has 1 radical (unpaired) electrons. The van der Waals surface area contributed by atoms with Gasteiger partial charge in [0.1, 0.15) is 0 Å². The van der Waals surface area contributed by atoms with E-state index in [1.807, 2.05) is 0 Å². The Hall–Kier alpha value is -6.78. The predicted octanol–water partition coefficient (Wildman–Crippen LogP) is 11.9. The molecule has 0 aliphatic carbocycles. The van der Waals surface area contributed by atoms with E-state index < -0.39 is 0 Å². The molecule has 11 aromatic rings. The van der Waals surface area contributed by atoms with E-state index in [-0.39, 0.29) is 0 Å². The quantitative estimate of drug-likeness (QED) is 0.181. The molecular weight excluding hydrogens is 665 g/mol. The van der Waals surface area contributed by atoms with Crippen LogP contribution in [-0.4, -0.2) is 16.2 Å². The Balaban J connectivity index is 1.25. The summed E-state index contributed by atoms with van der Waals surface area (Å²) < 4.78 is 5.02. The van der Waals surface area contributed by atoms with Crippen LogP contribution < -0.4 is 16.2 Å². The minimum Gasteiger partial charge on any atom is -0.355 e. The Morgan fingerprint density at radius 2 is 1.07 bits per heavy atom. The van der Waals surface area contributed by atoms with Crippen molar-refractivity contribution >= 4 is 89.5 Å². The molecule has 0 spiro atoms. The number of anilines is 2. The van der Waals surface area contributed by atoms with Crippen LogP contribution in [0, 0.1) is 20.8 Å². The van der Waals surface area contributed by atoms with E-state index >= 15 is 0 Å². The van der Waals surface area contributed by atoms with Gasteiger partial charge in [-0.3, -0.25) is 0 Å². The fourth-order valence-corrected chi connectivity index (χ4v) is 9.84. The first-order valence-corrected chi connectivity index (χ1v) is 19.2. The lowest BCUT2D eigenvalue weighted by molar-refractivity contribution is 1.19. The maximum atomic E-state index is 3.98. The van der Waals surface area contributed by atoms with E-state index in [9.17, 15) is 0 Å². The number of aryl methyl sites for hydroxylation is 3.